The average molecular weight is 476 g/mol. The van der Waals surface area contributed by atoms with Gasteiger partial charge in [-0.2, -0.15) is 0 Å². The number of benzene rings is 2. The summed E-state index contributed by atoms with van der Waals surface area (Å²) in [4.78, 5) is 29.7. The van der Waals surface area contributed by atoms with Crippen LogP contribution in [0.3, 0.4) is 0 Å². The van der Waals surface area contributed by atoms with Crippen LogP contribution in [-0.4, -0.2) is 42.0 Å². The topological polar surface area (TPSA) is 100 Å². The van der Waals surface area contributed by atoms with E-state index in [9.17, 15) is 14.9 Å². The van der Waals surface area contributed by atoms with Crippen molar-refractivity contribution >= 4 is 34.0 Å². The largest absolute Gasteiger partial charge is 0.377 e. The third-order valence-corrected chi connectivity index (χ3v) is 6.64. The van der Waals surface area contributed by atoms with Crippen molar-refractivity contribution in [1.82, 2.24) is 10.3 Å². The summed E-state index contributed by atoms with van der Waals surface area (Å²) in [5.41, 5.74) is 3.23. The zero-order valence-corrected chi connectivity index (χ0v) is 20.4. The first-order valence-corrected chi connectivity index (χ1v) is 12.3. The number of pyridine rings is 1. The molecule has 1 fully saturated rings. The molecule has 3 aromatic rings. The molecule has 0 radical (unpaired) electrons. The molecular formula is C27H33N5O3. The summed E-state index contributed by atoms with van der Waals surface area (Å²) in [6.45, 7) is 0. The maximum Gasteiger partial charge on any atom is 0.269 e. The van der Waals surface area contributed by atoms with Crippen molar-refractivity contribution in [1.29, 1.82) is 0 Å². The lowest BCUT2D eigenvalue weighted by Crippen LogP contribution is -2.40. The Labute approximate surface area is 205 Å². The number of aryl methyl sites for hydroxylation is 1. The molecule has 1 heterocycles. The Bertz CT molecular complexity index is 1170. The number of carbonyl (C=O) groups excluding carboxylic acids is 1. The van der Waals surface area contributed by atoms with Crippen molar-refractivity contribution in [2.24, 2.45) is 0 Å². The van der Waals surface area contributed by atoms with Crippen LogP contribution in [0.5, 0.6) is 0 Å². The summed E-state index contributed by atoms with van der Waals surface area (Å²) < 4.78 is 0. The summed E-state index contributed by atoms with van der Waals surface area (Å²) >= 11 is 0. The molecule has 8 nitrogen and oxygen atoms in total. The number of fused-ring (bicyclic) bond motifs is 1. The Morgan fingerprint density at radius 1 is 1.06 bits per heavy atom. The van der Waals surface area contributed by atoms with Gasteiger partial charge >= 0.3 is 0 Å². The minimum absolute atomic E-state index is 0.0788. The van der Waals surface area contributed by atoms with Crippen molar-refractivity contribution in [3.8, 4) is 0 Å². The molecule has 0 atom stereocenters. The van der Waals surface area contributed by atoms with Crippen LogP contribution >= 0.6 is 0 Å². The van der Waals surface area contributed by atoms with Crippen LogP contribution in [0.4, 0.5) is 17.2 Å². The van der Waals surface area contributed by atoms with Crippen LogP contribution in [0.1, 0.15) is 44.1 Å². The second-order valence-electron chi connectivity index (χ2n) is 9.48. The Balaban J connectivity index is 1.22. The van der Waals surface area contributed by atoms with Crippen LogP contribution in [0.15, 0.2) is 54.6 Å². The Morgan fingerprint density at radius 2 is 1.74 bits per heavy atom. The number of hydrogen-bond donors (Lipinski definition) is 2. The van der Waals surface area contributed by atoms with Crippen LogP contribution in [-0.2, 0) is 11.2 Å². The van der Waals surface area contributed by atoms with Gasteiger partial charge < -0.3 is 15.5 Å². The Kier molecular flexibility index (Phi) is 7.80. The summed E-state index contributed by atoms with van der Waals surface area (Å²) in [6.07, 6.45) is 5.78. The highest BCUT2D eigenvalue weighted by molar-refractivity contribution is 5.93. The highest BCUT2D eigenvalue weighted by atomic mass is 16.6. The zero-order valence-electron chi connectivity index (χ0n) is 20.4. The number of para-hydroxylation sites is 1. The van der Waals surface area contributed by atoms with Crippen molar-refractivity contribution < 1.29 is 9.72 Å². The smallest absolute Gasteiger partial charge is 0.269 e. The fourth-order valence-electron chi connectivity index (χ4n) is 4.73. The molecule has 184 valence electrons. The number of amides is 1. The van der Waals surface area contributed by atoms with Crippen molar-refractivity contribution in [2.45, 2.75) is 57.0 Å². The van der Waals surface area contributed by atoms with Crippen molar-refractivity contribution in [3.63, 3.8) is 0 Å². The van der Waals surface area contributed by atoms with Crippen LogP contribution in [0.25, 0.3) is 10.9 Å². The monoisotopic (exact) mass is 475 g/mol. The lowest BCUT2D eigenvalue weighted by Gasteiger charge is -2.30. The van der Waals surface area contributed by atoms with Gasteiger partial charge in [0.25, 0.3) is 5.69 Å². The van der Waals surface area contributed by atoms with Gasteiger partial charge in [0.15, 0.2) is 0 Å². The van der Waals surface area contributed by atoms with E-state index in [1.165, 1.54) is 12.1 Å². The average Bonchev–Trinajstić information content (AvgIpc) is 2.85. The molecule has 35 heavy (non-hydrogen) atoms. The molecule has 0 unspecified atom stereocenters. The van der Waals surface area contributed by atoms with Crippen molar-refractivity contribution in [2.75, 3.05) is 24.3 Å². The number of rotatable bonds is 9. The first-order valence-electron chi connectivity index (χ1n) is 12.3. The first kappa shape index (κ1) is 24.4. The number of hydrogen-bond acceptors (Lipinski definition) is 6. The van der Waals surface area contributed by atoms with E-state index in [2.05, 4.69) is 27.7 Å². The van der Waals surface area contributed by atoms with Gasteiger partial charge in [0.1, 0.15) is 5.82 Å². The van der Waals surface area contributed by atoms with Crippen LogP contribution in [0.2, 0.25) is 0 Å². The van der Waals surface area contributed by atoms with Gasteiger partial charge in [-0.05, 0) is 50.2 Å². The second kappa shape index (κ2) is 11.2. The molecule has 4 rings (SSSR count). The fraction of sp³-hybridized carbons (Fsp3) is 0.407. The molecule has 1 aromatic heterocycles. The number of anilines is 2. The van der Waals surface area contributed by atoms with E-state index in [0.29, 0.717) is 12.5 Å². The van der Waals surface area contributed by atoms with Gasteiger partial charge in [0.05, 0.1) is 10.4 Å². The Morgan fingerprint density at radius 3 is 2.43 bits per heavy atom. The van der Waals surface area contributed by atoms with Crippen molar-refractivity contribution in [3.05, 3.63) is 70.3 Å². The molecule has 1 aliphatic carbocycles. The van der Waals surface area contributed by atoms with Gasteiger partial charge in [-0.1, -0.05) is 30.3 Å². The predicted octanol–water partition coefficient (Wildman–Crippen LogP) is 5.07. The zero-order chi connectivity index (χ0) is 24.8. The number of aromatic nitrogens is 1. The molecule has 0 saturated heterocycles. The number of non-ortho nitro benzene ring substituents is 1. The van der Waals surface area contributed by atoms with E-state index >= 15 is 0 Å². The number of carbonyl (C=O) groups is 1. The molecule has 1 aliphatic rings. The van der Waals surface area contributed by atoms with E-state index in [1.54, 1.807) is 12.1 Å². The van der Waals surface area contributed by atoms with E-state index in [-0.39, 0.29) is 17.6 Å². The lowest BCUT2D eigenvalue weighted by molar-refractivity contribution is -0.384. The number of nitrogens with zero attached hydrogens (tertiary/aromatic N) is 3. The third kappa shape index (κ3) is 6.47. The quantitative estimate of drug-likeness (QED) is 0.331. The van der Waals surface area contributed by atoms with E-state index in [1.807, 2.05) is 32.3 Å². The molecule has 1 amide bonds. The number of nitrogens with one attached hydrogen (secondary N) is 2. The van der Waals surface area contributed by atoms with Crippen LogP contribution < -0.4 is 15.5 Å². The molecule has 8 heteroatoms. The van der Waals surface area contributed by atoms with E-state index < -0.39 is 4.92 Å². The molecular weight excluding hydrogens is 442 g/mol. The highest BCUT2D eigenvalue weighted by Crippen LogP contribution is 2.29. The first-order chi connectivity index (χ1) is 16.9. The number of nitro groups is 1. The van der Waals surface area contributed by atoms with Gasteiger partial charge in [-0.15, -0.1) is 0 Å². The molecule has 2 aromatic carbocycles. The van der Waals surface area contributed by atoms with Gasteiger partial charge in [0.2, 0.25) is 5.91 Å². The Hall–Kier alpha value is -3.68. The van der Waals surface area contributed by atoms with Crippen LogP contribution in [0, 0.1) is 10.1 Å². The highest BCUT2D eigenvalue weighted by Gasteiger charge is 2.23. The molecule has 0 aliphatic heterocycles. The molecule has 1 saturated carbocycles. The predicted molar refractivity (Wildman–Crippen MR) is 140 cm³/mol. The van der Waals surface area contributed by atoms with E-state index in [0.717, 1.165) is 66.5 Å². The SMILES string of the molecule is CN(C)c1cc(NC2CCC(NC(=O)CCCc3ccc([N+](=O)[O-])cc3)CC2)nc2ccccc12. The number of nitro benzene ring substituents is 1. The lowest BCUT2D eigenvalue weighted by atomic mass is 9.91. The minimum atomic E-state index is -0.402. The summed E-state index contributed by atoms with van der Waals surface area (Å²) in [5, 5.41) is 18.7. The maximum atomic E-state index is 12.4. The molecule has 2 N–H and O–H groups in total. The second-order valence-corrected chi connectivity index (χ2v) is 9.48. The summed E-state index contributed by atoms with van der Waals surface area (Å²) in [5.74, 6) is 0.973. The van der Waals surface area contributed by atoms with Gasteiger partial charge in [-0.25, -0.2) is 4.98 Å². The molecule has 0 bridgehead atoms. The summed E-state index contributed by atoms with van der Waals surface area (Å²) in [7, 11) is 4.09. The fourth-order valence-corrected chi connectivity index (χ4v) is 4.73. The minimum Gasteiger partial charge on any atom is -0.377 e. The molecule has 0 spiro atoms. The third-order valence-electron chi connectivity index (χ3n) is 6.64. The normalized spacial score (nSPS) is 17.7. The standard InChI is InChI=1S/C27H33N5O3/c1-31(2)25-18-26(30-24-8-4-3-7-23(24)25)28-20-12-14-21(15-13-20)29-27(33)9-5-6-19-10-16-22(17-11-19)32(34)35/h3-4,7-8,10-11,16-18,20-21H,5-6,9,12-15H2,1-2H3,(H,28,30)(H,29,33). The van der Waals surface area contributed by atoms with Gasteiger partial charge in [0, 0.05) is 61.9 Å². The maximum absolute atomic E-state index is 12.4. The van der Waals surface area contributed by atoms with E-state index in [4.69, 9.17) is 4.98 Å². The summed E-state index contributed by atoms with van der Waals surface area (Å²) in [6, 6.07) is 17.4. The van der Waals surface area contributed by atoms with Gasteiger partial charge in [-0.3, -0.25) is 14.9 Å².